The molecule has 1 saturated carbocycles. The summed E-state index contributed by atoms with van der Waals surface area (Å²) in [4.78, 5) is 12.2. The second-order valence-corrected chi connectivity index (χ2v) is 6.67. The fraction of sp³-hybridized carbons (Fsp3) is 0.650. The molecule has 0 heterocycles. The van der Waals surface area contributed by atoms with Gasteiger partial charge in [-0.25, -0.2) is 0 Å². The van der Waals surface area contributed by atoms with Gasteiger partial charge in [-0.2, -0.15) is 0 Å². The number of ether oxygens (including phenoxy) is 2. The molecule has 0 spiro atoms. The van der Waals surface area contributed by atoms with Crippen LogP contribution >= 0.6 is 0 Å². The van der Waals surface area contributed by atoms with Crippen LogP contribution in [0.5, 0.6) is 5.75 Å². The number of carbonyl (C=O) groups is 1. The van der Waals surface area contributed by atoms with Gasteiger partial charge in [-0.3, -0.25) is 4.79 Å². The van der Waals surface area contributed by atoms with Crippen molar-refractivity contribution in [3.8, 4) is 5.75 Å². The van der Waals surface area contributed by atoms with E-state index in [-0.39, 0.29) is 12.0 Å². The number of aryl methyl sites for hydroxylation is 1. The highest BCUT2D eigenvalue weighted by molar-refractivity contribution is 5.79. The number of hydrogen-bond acceptors (Lipinski definition) is 3. The Morgan fingerprint density at radius 1 is 1.33 bits per heavy atom. The topological polar surface area (TPSA) is 47.6 Å². The quantitative estimate of drug-likeness (QED) is 0.750. The Labute approximate surface area is 145 Å². The third-order valence-electron chi connectivity index (χ3n) is 4.84. The molecule has 4 heteroatoms. The highest BCUT2D eigenvalue weighted by Gasteiger charge is 2.25. The third-order valence-corrected chi connectivity index (χ3v) is 4.84. The molecule has 1 amide bonds. The second kappa shape index (κ2) is 9.67. The molecule has 0 aromatic heterocycles. The summed E-state index contributed by atoms with van der Waals surface area (Å²) in [6.45, 7) is 5.49. The van der Waals surface area contributed by atoms with Crippen LogP contribution in [0.4, 0.5) is 0 Å². The fourth-order valence-corrected chi connectivity index (χ4v) is 3.63. The molecule has 1 aliphatic carbocycles. The summed E-state index contributed by atoms with van der Waals surface area (Å²) in [6, 6.07) is 5.93. The Balaban J connectivity index is 1.81. The van der Waals surface area contributed by atoms with E-state index in [0.29, 0.717) is 18.9 Å². The van der Waals surface area contributed by atoms with Crippen molar-refractivity contribution in [3.63, 3.8) is 0 Å². The molecular weight excluding hydrogens is 302 g/mol. The molecule has 1 aliphatic rings. The van der Waals surface area contributed by atoms with Crippen LogP contribution in [0.2, 0.25) is 0 Å². The Morgan fingerprint density at radius 2 is 2.08 bits per heavy atom. The van der Waals surface area contributed by atoms with Crippen molar-refractivity contribution in [2.45, 2.75) is 58.5 Å². The number of rotatable bonds is 9. The summed E-state index contributed by atoms with van der Waals surface area (Å²) in [7, 11) is 1.64. The first-order valence-electron chi connectivity index (χ1n) is 9.15. The normalized spacial score (nSPS) is 16.1. The summed E-state index contributed by atoms with van der Waals surface area (Å²) >= 11 is 0. The summed E-state index contributed by atoms with van der Waals surface area (Å²) in [5, 5.41) is 3.04. The van der Waals surface area contributed by atoms with E-state index in [1.165, 1.54) is 25.7 Å². The smallest absolute Gasteiger partial charge is 0.224 e. The zero-order chi connectivity index (χ0) is 17.4. The molecule has 0 unspecified atom stereocenters. The summed E-state index contributed by atoms with van der Waals surface area (Å²) in [6.07, 6.45) is 6.69. The first kappa shape index (κ1) is 18.8. The third kappa shape index (κ3) is 5.52. The van der Waals surface area contributed by atoms with Gasteiger partial charge in [-0.05, 0) is 45.1 Å². The lowest BCUT2D eigenvalue weighted by Gasteiger charge is -2.23. The van der Waals surface area contributed by atoms with Crippen molar-refractivity contribution in [2.75, 3.05) is 20.3 Å². The van der Waals surface area contributed by atoms with Crippen LogP contribution in [0.25, 0.3) is 0 Å². The summed E-state index contributed by atoms with van der Waals surface area (Å²) < 4.78 is 11.3. The molecule has 1 N–H and O–H groups in total. The van der Waals surface area contributed by atoms with E-state index < -0.39 is 0 Å². The lowest BCUT2D eigenvalue weighted by molar-refractivity contribution is -0.120. The molecule has 0 saturated heterocycles. The Morgan fingerprint density at radius 3 is 2.75 bits per heavy atom. The van der Waals surface area contributed by atoms with E-state index in [1.54, 1.807) is 7.11 Å². The average molecular weight is 333 g/mol. The lowest BCUT2D eigenvalue weighted by Crippen LogP contribution is -2.31. The largest absolute Gasteiger partial charge is 0.496 e. The van der Waals surface area contributed by atoms with Gasteiger partial charge in [-0.15, -0.1) is 0 Å². The molecular formula is C20H31NO3. The molecule has 1 atom stereocenters. The highest BCUT2D eigenvalue weighted by atomic mass is 16.5. The molecule has 0 aliphatic heterocycles. The number of benzene rings is 1. The minimum Gasteiger partial charge on any atom is -0.496 e. The van der Waals surface area contributed by atoms with Gasteiger partial charge in [0.15, 0.2) is 0 Å². The predicted octanol–water partition coefficient (Wildman–Crippen LogP) is 3.65. The molecule has 134 valence electrons. The van der Waals surface area contributed by atoms with Gasteiger partial charge in [0, 0.05) is 18.7 Å². The minimum absolute atomic E-state index is 0.0422. The van der Waals surface area contributed by atoms with Crippen LogP contribution < -0.4 is 10.1 Å². The van der Waals surface area contributed by atoms with E-state index >= 15 is 0 Å². The molecule has 2 rings (SSSR count). The van der Waals surface area contributed by atoms with Crippen molar-refractivity contribution in [3.05, 3.63) is 29.3 Å². The van der Waals surface area contributed by atoms with Crippen LogP contribution in [0, 0.1) is 12.8 Å². The van der Waals surface area contributed by atoms with E-state index in [2.05, 4.69) is 5.32 Å². The van der Waals surface area contributed by atoms with Gasteiger partial charge < -0.3 is 14.8 Å². The Bertz CT molecular complexity index is 524. The van der Waals surface area contributed by atoms with Gasteiger partial charge in [0.1, 0.15) is 5.75 Å². The maximum absolute atomic E-state index is 12.2. The van der Waals surface area contributed by atoms with Crippen LogP contribution in [0.3, 0.4) is 0 Å². The SMILES string of the molecule is CCO[C@H](CCNC(=O)Cc1cc(C)ccc1OC)C1CCCC1. The van der Waals surface area contributed by atoms with Gasteiger partial charge in [0.2, 0.25) is 5.91 Å². The maximum Gasteiger partial charge on any atom is 0.224 e. The van der Waals surface area contributed by atoms with Crippen LogP contribution in [0.15, 0.2) is 18.2 Å². The molecule has 1 aromatic carbocycles. The van der Waals surface area contributed by atoms with Gasteiger partial charge in [0.25, 0.3) is 0 Å². The molecule has 0 radical (unpaired) electrons. The van der Waals surface area contributed by atoms with Crippen LogP contribution in [-0.4, -0.2) is 32.3 Å². The summed E-state index contributed by atoms with van der Waals surface area (Å²) in [5.41, 5.74) is 2.07. The van der Waals surface area contributed by atoms with Crippen molar-refractivity contribution in [1.29, 1.82) is 0 Å². The summed E-state index contributed by atoms with van der Waals surface area (Å²) in [5.74, 6) is 1.48. The van der Waals surface area contributed by atoms with Crippen molar-refractivity contribution in [1.82, 2.24) is 5.32 Å². The molecule has 1 fully saturated rings. The van der Waals surface area contributed by atoms with Crippen LogP contribution in [-0.2, 0) is 16.0 Å². The van der Waals surface area contributed by atoms with Crippen LogP contribution in [0.1, 0.15) is 50.2 Å². The monoisotopic (exact) mass is 333 g/mol. The lowest BCUT2D eigenvalue weighted by atomic mass is 9.98. The number of methoxy groups -OCH3 is 1. The maximum atomic E-state index is 12.2. The predicted molar refractivity (Wildman–Crippen MR) is 96.4 cm³/mol. The van der Waals surface area contributed by atoms with E-state index in [4.69, 9.17) is 9.47 Å². The van der Waals surface area contributed by atoms with E-state index in [0.717, 1.165) is 29.9 Å². The van der Waals surface area contributed by atoms with E-state index in [9.17, 15) is 4.79 Å². The molecule has 1 aromatic rings. The van der Waals surface area contributed by atoms with E-state index in [1.807, 2.05) is 32.0 Å². The zero-order valence-electron chi connectivity index (χ0n) is 15.3. The van der Waals surface area contributed by atoms with Gasteiger partial charge >= 0.3 is 0 Å². The first-order valence-corrected chi connectivity index (χ1v) is 9.15. The zero-order valence-corrected chi connectivity index (χ0v) is 15.3. The first-order chi connectivity index (χ1) is 11.6. The van der Waals surface area contributed by atoms with Crippen molar-refractivity contribution in [2.24, 2.45) is 5.92 Å². The minimum atomic E-state index is 0.0422. The van der Waals surface area contributed by atoms with Gasteiger partial charge in [0.05, 0.1) is 19.6 Å². The molecule has 0 bridgehead atoms. The van der Waals surface area contributed by atoms with Crippen molar-refractivity contribution < 1.29 is 14.3 Å². The molecule has 24 heavy (non-hydrogen) atoms. The standard InChI is InChI=1S/C20H31NO3/c1-4-24-19(16-7-5-6-8-16)11-12-21-20(22)14-17-13-15(2)9-10-18(17)23-3/h9-10,13,16,19H,4-8,11-12,14H2,1-3H3,(H,21,22)/t19-/m1/s1. The number of nitrogens with one attached hydrogen (secondary N) is 1. The number of hydrogen-bond donors (Lipinski definition) is 1. The number of carbonyl (C=O) groups excluding carboxylic acids is 1. The van der Waals surface area contributed by atoms with Gasteiger partial charge in [-0.1, -0.05) is 30.5 Å². The fourth-order valence-electron chi connectivity index (χ4n) is 3.63. The molecule has 4 nitrogen and oxygen atoms in total. The number of amides is 1. The highest BCUT2D eigenvalue weighted by Crippen LogP contribution is 2.30. The Kier molecular flexibility index (Phi) is 7.57. The second-order valence-electron chi connectivity index (χ2n) is 6.67. The van der Waals surface area contributed by atoms with Crippen molar-refractivity contribution >= 4 is 5.91 Å². The Hall–Kier alpha value is -1.55. The average Bonchev–Trinajstić information content (AvgIpc) is 3.08.